The lowest BCUT2D eigenvalue weighted by Crippen LogP contribution is -2.56. The molecule has 0 atom stereocenters. The first-order chi connectivity index (χ1) is 10.3. The van der Waals surface area contributed by atoms with Gasteiger partial charge < -0.3 is 9.64 Å². The highest BCUT2D eigenvalue weighted by atomic mass is 16.5. The lowest BCUT2D eigenvalue weighted by Gasteiger charge is -2.38. The summed E-state index contributed by atoms with van der Waals surface area (Å²) in [7, 11) is 0. The predicted molar refractivity (Wildman–Crippen MR) is 75.2 cm³/mol. The molecule has 0 unspecified atom stereocenters. The van der Waals surface area contributed by atoms with E-state index in [9.17, 15) is 4.79 Å². The molecule has 0 bridgehead atoms. The molecule has 21 heavy (non-hydrogen) atoms. The second kappa shape index (κ2) is 4.87. The van der Waals surface area contributed by atoms with Gasteiger partial charge in [0, 0.05) is 23.7 Å². The Bertz CT molecular complexity index is 662. The molecule has 1 aliphatic heterocycles. The number of carbonyl (C=O) groups is 1. The fourth-order valence-electron chi connectivity index (χ4n) is 2.93. The van der Waals surface area contributed by atoms with Gasteiger partial charge in [-0.15, -0.1) is 0 Å². The van der Waals surface area contributed by atoms with Crippen molar-refractivity contribution in [3.05, 3.63) is 41.5 Å². The molecule has 1 aliphatic carbocycles. The number of ether oxygens (including phenoxy) is 1. The number of hydrogen-bond acceptors (Lipinski definition) is 4. The Hall–Kier alpha value is -2.37. The number of nitrogens with one attached hydrogen (secondary N) is 1. The van der Waals surface area contributed by atoms with Crippen LogP contribution in [0.3, 0.4) is 0 Å². The molecule has 2 aliphatic rings. The van der Waals surface area contributed by atoms with Crippen molar-refractivity contribution in [2.45, 2.75) is 25.4 Å². The smallest absolute Gasteiger partial charge is 0.274 e. The van der Waals surface area contributed by atoms with Crippen LogP contribution in [-0.4, -0.2) is 45.2 Å². The fourth-order valence-corrected chi connectivity index (χ4v) is 2.93. The fraction of sp³-hybridized carbons (Fsp3) is 0.400. The average Bonchev–Trinajstić information content (AvgIpc) is 3.05. The Morgan fingerprint density at radius 2 is 2.10 bits per heavy atom. The number of rotatable bonds is 3. The van der Waals surface area contributed by atoms with Gasteiger partial charge in [-0.2, -0.15) is 5.10 Å². The summed E-state index contributed by atoms with van der Waals surface area (Å²) in [4.78, 5) is 18.2. The molecule has 1 N–H and O–H groups in total. The van der Waals surface area contributed by atoms with Gasteiger partial charge in [0.25, 0.3) is 5.91 Å². The highest BCUT2D eigenvalue weighted by Gasteiger charge is 2.35. The third kappa shape index (κ3) is 2.16. The zero-order valence-corrected chi connectivity index (χ0v) is 11.6. The average molecular weight is 284 g/mol. The van der Waals surface area contributed by atoms with Crippen molar-refractivity contribution in [2.75, 3.05) is 13.1 Å². The van der Waals surface area contributed by atoms with E-state index < -0.39 is 0 Å². The van der Waals surface area contributed by atoms with Gasteiger partial charge in [-0.1, -0.05) is 0 Å². The Labute approximate surface area is 122 Å². The summed E-state index contributed by atoms with van der Waals surface area (Å²) in [5.41, 5.74) is 2.84. The van der Waals surface area contributed by atoms with Crippen LogP contribution < -0.4 is 4.74 Å². The van der Waals surface area contributed by atoms with Crippen molar-refractivity contribution < 1.29 is 9.53 Å². The third-order valence-electron chi connectivity index (χ3n) is 4.10. The molecular weight excluding hydrogens is 268 g/mol. The molecule has 2 aromatic heterocycles. The maximum atomic E-state index is 12.4. The van der Waals surface area contributed by atoms with E-state index in [1.165, 1.54) is 0 Å². The quantitative estimate of drug-likeness (QED) is 0.919. The molecular formula is C15H16N4O2. The van der Waals surface area contributed by atoms with Gasteiger partial charge in [0.05, 0.1) is 13.1 Å². The van der Waals surface area contributed by atoms with Crippen molar-refractivity contribution in [3.8, 4) is 5.75 Å². The van der Waals surface area contributed by atoms with Gasteiger partial charge in [-0.05, 0) is 31.4 Å². The number of fused-ring (bicyclic) bond motifs is 1. The van der Waals surface area contributed by atoms with Crippen LogP contribution in [0, 0.1) is 0 Å². The van der Waals surface area contributed by atoms with Gasteiger partial charge in [-0.3, -0.25) is 14.9 Å². The number of carbonyl (C=O) groups excluding carboxylic acids is 1. The number of pyridine rings is 1. The van der Waals surface area contributed by atoms with Crippen molar-refractivity contribution in [2.24, 2.45) is 0 Å². The second-order valence-electron chi connectivity index (χ2n) is 5.52. The Balaban J connectivity index is 1.38. The second-order valence-corrected chi connectivity index (χ2v) is 5.52. The predicted octanol–water partition coefficient (Wildman–Crippen LogP) is 1.20. The summed E-state index contributed by atoms with van der Waals surface area (Å²) in [6, 6.07) is 3.65. The molecule has 6 heteroatoms. The zero-order valence-electron chi connectivity index (χ0n) is 11.6. The van der Waals surface area contributed by atoms with Crippen LogP contribution in [0.15, 0.2) is 24.5 Å². The number of likely N-dealkylation sites (tertiary alicyclic amines) is 1. The van der Waals surface area contributed by atoms with Crippen LogP contribution >= 0.6 is 0 Å². The Kier molecular flexibility index (Phi) is 2.87. The highest BCUT2D eigenvalue weighted by Crippen LogP contribution is 2.25. The third-order valence-corrected chi connectivity index (χ3v) is 4.10. The number of aromatic amines is 1. The number of aromatic nitrogens is 3. The maximum Gasteiger partial charge on any atom is 0.274 e. The molecule has 1 amide bonds. The normalized spacial score (nSPS) is 17.4. The van der Waals surface area contributed by atoms with Crippen molar-refractivity contribution in [1.29, 1.82) is 0 Å². The van der Waals surface area contributed by atoms with E-state index in [2.05, 4.69) is 15.2 Å². The molecule has 6 nitrogen and oxygen atoms in total. The van der Waals surface area contributed by atoms with Crippen LogP contribution in [-0.2, 0) is 12.8 Å². The number of nitrogens with zero attached hydrogens (tertiary/aromatic N) is 3. The molecule has 0 aromatic carbocycles. The van der Waals surface area contributed by atoms with Gasteiger partial charge in [0.15, 0.2) is 5.69 Å². The van der Waals surface area contributed by atoms with Gasteiger partial charge in [-0.25, -0.2) is 0 Å². The summed E-state index contributed by atoms with van der Waals surface area (Å²) in [6.45, 7) is 1.23. The minimum absolute atomic E-state index is 0.0176. The standard InChI is InChI=1S/C15H16N4O2/c20-15(14-12-2-1-3-13(12)17-18-14)19-8-11(9-19)21-10-4-6-16-7-5-10/h4-7,11H,1-3,8-9H2,(H,17,18). The van der Waals surface area contributed by atoms with E-state index >= 15 is 0 Å². The number of hydrogen-bond donors (Lipinski definition) is 1. The number of aryl methyl sites for hydroxylation is 1. The van der Waals surface area contributed by atoms with E-state index in [4.69, 9.17) is 4.74 Å². The van der Waals surface area contributed by atoms with Crippen molar-refractivity contribution in [1.82, 2.24) is 20.1 Å². The molecule has 3 heterocycles. The molecule has 108 valence electrons. The van der Waals surface area contributed by atoms with E-state index in [1.54, 1.807) is 17.3 Å². The lowest BCUT2D eigenvalue weighted by atomic mass is 10.1. The summed E-state index contributed by atoms with van der Waals surface area (Å²) in [5.74, 6) is 0.812. The van der Waals surface area contributed by atoms with Crippen LogP contribution in [0.5, 0.6) is 5.75 Å². The van der Waals surface area contributed by atoms with E-state index in [0.29, 0.717) is 18.8 Å². The van der Waals surface area contributed by atoms with Crippen molar-refractivity contribution in [3.63, 3.8) is 0 Å². The first kappa shape index (κ1) is 12.4. The van der Waals surface area contributed by atoms with Gasteiger partial charge >= 0.3 is 0 Å². The summed E-state index contributed by atoms with van der Waals surface area (Å²) in [5, 5.41) is 7.17. The van der Waals surface area contributed by atoms with Crippen LogP contribution in [0.2, 0.25) is 0 Å². The zero-order chi connectivity index (χ0) is 14.2. The largest absolute Gasteiger partial charge is 0.487 e. The molecule has 0 radical (unpaired) electrons. The summed E-state index contributed by atoms with van der Waals surface area (Å²) < 4.78 is 5.78. The monoisotopic (exact) mass is 284 g/mol. The first-order valence-electron chi connectivity index (χ1n) is 7.23. The van der Waals surface area contributed by atoms with E-state index in [-0.39, 0.29) is 12.0 Å². The minimum Gasteiger partial charge on any atom is -0.487 e. The lowest BCUT2D eigenvalue weighted by molar-refractivity contribution is 0.0172. The Morgan fingerprint density at radius 1 is 1.29 bits per heavy atom. The van der Waals surface area contributed by atoms with Gasteiger partial charge in [0.2, 0.25) is 0 Å². The Morgan fingerprint density at radius 3 is 2.90 bits per heavy atom. The molecule has 1 fully saturated rings. The molecule has 2 aromatic rings. The van der Waals surface area contributed by atoms with Crippen molar-refractivity contribution >= 4 is 5.91 Å². The number of amides is 1. The summed E-state index contributed by atoms with van der Waals surface area (Å²) >= 11 is 0. The maximum absolute atomic E-state index is 12.4. The SMILES string of the molecule is O=C(c1n[nH]c2c1CCC2)N1CC(Oc2ccncc2)C1. The molecule has 0 spiro atoms. The van der Waals surface area contributed by atoms with Crippen LogP contribution in [0.1, 0.15) is 28.2 Å². The highest BCUT2D eigenvalue weighted by molar-refractivity contribution is 5.94. The molecule has 4 rings (SSSR count). The molecule has 1 saturated heterocycles. The topological polar surface area (TPSA) is 71.1 Å². The summed E-state index contributed by atoms with van der Waals surface area (Å²) in [6.07, 6.45) is 6.52. The number of H-pyrrole nitrogens is 1. The molecule has 0 saturated carbocycles. The minimum atomic E-state index is 0.0176. The first-order valence-corrected chi connectivity index (χ1v) is 7.23. The van der Waals surface area contributed by atoms with E-state index in [1.807, 2.05) is 12.1 Å². The van der Waals surface area contributed by atoms with Crippen LogP contribution in [0.25, 0.3) is 0 Å². The van der Waals surface area contributed by atoms with E-state index in [0.717, 1.165) is 36.3 Å². The van der Waals surface area contributed by atoms with Gasteiger partial charge in [0.1, 0.15) is 11.9 Å². The van der Waals surface area contributed by atoms with Crippen LogP contribution in [0.4, 0.5) is 0 Å².